The van der Waals surface area contributed by atoms with Gasteiger partial charge in [0.05, 0.1) is 0 Å². The molecule has 1 fully saturated rings. The first-order valence-corrected chi connectivity index (χ1v) is 7.44. The Morgan fingerprint density at radius 1 is 1.47 bits per heavy atom. The van der Waals surface area contributed by atoms with E-state index in [9.17, 15) is 0 Å². The third-order valence-electron chi connectivity index (χ3n) is 4.00. The highest BCUT2D eigenvalue weighted by Gasteiger charge is 2.32. The zero-order valence-electron chi connectivity index (χ0n) is 10.6. The van der Waals surface area contributed by atoms with Crippen LogP contribution in [0.4, 0.5) is 0 Å². The average Bonchev–Trinajstić information content (AvgIpc) is 2.28. The van der Waals surface area contributed by atoms with Crippen LogP contribution in [0.3, 0.4) is 0 Å². The van der Waals surface area contributed by atoms with Crippen molar-refractivity contribution in [3.63, 3.8) is 0 Å². The summed E-state index contributed by atoms with van der Waals surface area (Å²) in [6.45, 7) is 2.29. The molecule has 0 aliphatic heterocycles. The lowest BCUT2D eigenvalue weighted by molar-refractivity contribution is 0.218. The fourth-order valence-corrected chi connectivity index (χ4v) is 3.53. The van der Waals surface area contributed by atoms with Gasteiger partial charge in [0.25, 0.3) is 0 Å². The predicted octanol–water partition coefficient (Wildman–Crippen LogP) is 4.29. The van der Waals surface area contributed by atoms with Gasteiger partial charge >= 0.3 is 0 Å². The van der Waals surface area contributed by atoms with Gasteiger partial charge < -0.3 is 5.73 Å². The van der Waals surface area contributed by atoms with Gasteiger partial charge in [-0.05, 0) is 42.9 Å². The molecule has 1 saturated carbocycles. The topological polar surface area (TPSA) is 26.0 Å². The predicted molar refractivity (Wildman–Crippen MR) is 77.0 cm³/mol. The van der Waals surface area contributed by atoms with E-state index in [1.54, 1.807) is 0 Å². The van der Waals surface area contributed by atoms with Gasteiger partial charge in [0, 0.05) is 10.0 Å². The van der Waals surface area contributed by atoms with Gasteiger partial charge in [-0.25, -0.2) is 0 Å². The molecule has 2 unspecified atom stereocenters. The summed E-state index contributed by atoms with van der Waals surface area (Å²) in [5.74, 6) is 0.834. The van der Waals surface area contributed by atoms with Crippen LogP contribution in [0.25, 0.3) is 0 Å². The molecule has 1 aromatic rings. The fraction of sp³-hybridized carbons (Fsp3) is 0.600. The molecule has 1 aliphatic carbocycles. The highest BCUT2D eigenvalue weighted by molar-refractivity contribution is 9.10. The molecule has 0 heterocycles. The molecule has 0 amide bonds. The summed E-state index contributed by atoms with van der Waals surface area (Å²) in [7, 11) is 0. The maximum absolute atomic E-state index is 6.59. The number of hydrogen-bond donors (Lipinski definition) is 1. The van der Waals surface area contributed by atoms with E-state index in [1.165, 1.54) is 37.7 Å². The minimum Gasteiger partial charge on any atom is -0.325 e. The molecular formula is C15H22BrN. The third-order valence-corrected chi connectivity index (χ3v) is 4.50. The molecule has 1 nitrogen and oxygen atoms in total. The van der Waals surface area contributed by atoms with E-state index in [0.29, 0.717) is 0 Å². The normalized spacial score (nSPS) is 29.2. The second kappa shape index (κ2) is 5.53. The summed E-state index contributed by atoms with van der Waals surface area (Å²) in [4.78, 5) is 0. The van der Waals surface area contributed by atoms with Crippen molar-refractivity contribution in [2.24, 2.45) is 11.7 Å². The highest BCUT2D eigenvalue weighted by atomic mass is 79.9. The minimum atomic E-state index is 0.0275. The lowest BCUT2D eigenvalue weighted by Gasteiger charge is -2.38. The maximum atomic E-state index is 6.59. The second-order valence-electron chi connectivity index (χ2n) is 5.54. The Labute approximate surface area is 113 Å². The molecule has 2 rings (SSSR count). The van der Waals surface area contributed by atoms with Crippen molar-refractivity contribution >= 4 is 15.9 Å². The van der Waals surface area contributed by atoms with Crippen molar-refractivity contribution in [1.29, 1.82) is 0 Å². The Morgan fingerprint density at radius 3 is 3.00 bits per heavy atom. The SMILES string of the molecule is CCC1CCCC(N)(Cc2cccc(Br)c2)C1. The molecule has 0 spiro atoms. The number of halogens is 1. The highest BCUT2D eigenvalue weighted by Crippen LogP contribution is 2.34. The number of nitrogens with two attached hydrogens (primary N) is 1. The summed E-state index contributed by atoms with van der Waals surface area (Å²) in [5.41, 5.74) is 7.98. The summed E-state index contributed by atoms with van der Waals surface area (Å²) in [5, 5.41) is 0. The second-order valence-corrected chi connectivity index (χ2v) is 6.46. The summed E-state index contributed by atoms with van der Waals surface area (Å²) < 4.78 is 1.15. The molecule has 0 saturated heterocycles. The van der Waals surface area contributed by atoms with E-state index in [1.807, 2.05) is 0 Å². The number of hydrogen-bond acceptors (Lipinski definition) is 1. The van der Waals surface area contributed by atoms with E-state index >= 15 is 0 Å². The van der Waals surface area contributed by atoms with Gasteiger partial charge in [0.2, 0.25) is 0 Å². The van der Waals surface area contributed by atoms with Crippen molar-refractivity contribution < 1.29 is 0 Å². The molecule has 1 aliphatic rings. The van der Waals surface area contributed by atoms with Crippen molar-refractivity contribution in [3.05, 3.63) is 34.3 Å². The van der Waals surface area contributed by atoms with Crippen molar-refractivity contribution in [1.82, 2.24) is 0 Å². The molecule has 17 heavy (non-hydrogen) atoms. The lowest BCUT2D eigenvalue weighted by atomic mass is 9.72. The van der Waals surface area contributed by atoms with Crippen molar-refractivity contribution in [2.45, 2.75) is 51.0 Å². The number of benzene rings is 1. The van der Waals surface area contributed by atoms with E-state index in [2.05, 4.69) is 47.1 Å². The quantitative estimate of drug-likeness (QED) is 0.884. The standard InChI is InChI=1S/C15H22BrN/c1-2-12-6-4-8-15(17,10-12)11-13-5-3-7-14(16)9-13/h3,5,7,9,12H,2,4,6,8,10-11,17H2,1H3. The van der Waals surface area contributed by atoms with Crippen LogP contribution >= 0.6 is 15.9 Å². The Kier molecular flexibility index (Phi) is 4.26. The van der Waals surface area contributed by atoms with Crippen LogP contribution in [0.15, 0.2) is 28.7 Å². The molecule has 0 radical (unpaired) electrons. The van der Waals surface area contributed by atoms with Crippen LogP contribution in [0.5, 0.6) is 0 Å². The Balaban J connectivity index is 2.06. The first kappa shape index (κ1) is 13.1. The molecule has 1 aromatic carbocycles. The Bertz CT molecular complexity index is 377. The van der Waals surface area contributed by atoms with Crippen LogP contribution in [-0.2, 0) is 6.42 Å². The third kappa shape index (κ3) is 3.56. The van der Waals surface area contributed by atoms with E-state index in [0.717, 1.165) is 16.8 Å². The summed E-state index contributed by atoms with van der Waals surface area (Å²) in [6, 6.07) is 8.56. The largest absolute Gasteiger partial charge is 0.325 e. The van der Waals surface area contributed by atoms with E-state index < -0.39 is 0 Å². The Hall–Kier alpha value is -0.340. The van der Waals surface area contributed by atoms with Crippen LogP contribution in [0.1, 0.15) is 44.6 Å². The fourth-order valence-electron chi connectivity index (χ4n) is 3.08. The average molecular weight is 296 g/mol. The Morgan fingerprint density at radius 2 is 2.29 bits per heavy atom. The molecule has 2 atom stereocenters. The van der Waals surface area contributed by atoms with Gasteiger partial charge in [0.1, 0.15) is 0 Å². The smallest absolute Gasteiger partial charge is 0.0197 e. The zero-order valence-corrected chi connectivity index (χ0v) is 12.2. The van der Waals surface area contributed by atoms with Gasteiger partial charge in [-0.1, -0.05) is 54.2 Å². The van der Waals surface area contributed by atoms with Crippen LogP contribution in [0, 0.1) is 5.92 Å². The maximum Gasteiger partial charge on any atom is 0.0197 e. The van der Waals surface area contributed by atoms with Gasteiger partial charge in [-0.2, -0.15) is 0 Å². The zero-order chi connectivity index (χ0) is 12.3. The first-order valence-electron chi connectivity index (χ1n) is 6.65. The number of rotatable bonds is 3. The van der Waals surface area contributed by atoms with Crippen LogP contribution in [0.2, 0.25) is 0 Å². The summed E-state index contributed by atoms with van der Waals surface area (Å²) in [6.07, 6.45) is 7.32. The van der Waals surface area contributed by atoms with Crippen LogP contribution in [-0.4, -0.2) is 5.54 Å². The molecule has 0 bridgehead atoms. The van der Waals surface area contributed by atoms with E-state index in [-0.39, 0.29) is 5.54 Å². The van der Waals surface area contributed by atoms with Gasteiger partial charge in [0.15, 0.2) is 0 Å². The van der Waals surface area contributed by atoms with Gasteiger partial charge in [-0.15, -0.1) is 0 Å². The van der Waals surface area contributed by atoms with Crippen molar-refractivity contribution in [2.75, 3.05) is 0 Å². The molecular weight excluding hydrogens is 274 g/mol. The van der Waals surface area contributed by atoms with E-state index in [4.69, 9.17) is 5.73 Å². The lowest BCUT2D eigenvalue weighted by Crippen LogP contribution is -2.46. The minimum absolute atomic E-state index is 0.0275. The monoisotopic (exact) mass is 295 g/mol. The molecule has 94 valence electrons. The van der Waals surface area contributed by atoms with Gasteiger partial charge in [-0.3, -0.25) is 0 Å². The van der Waals surface area contributed by atoms with Crippen molar-refractivity contribution in [3.8, 4) is 0 Å². The molecule has 2 heteroatoms. The first-order chi connectivity index (χ1) is 8.11. The summed E-state index contributed by atoms with van der Waals surface area (Å²) >= 11 is 3.53. The molecule has 2 N–H and O–H groups in total. The van der Waals surface area contributed by atoms with Crippen LogP contribution < -0.4 is 5.73 Å². The molecule has 0 aromatic heterocycles.